The van der Waals surface area contributed by atoms with E-state index >= 15 is 0 Å². The molecule has 0 N–H and O–H groups in total. The van der Waals surface area contributed by atoms with Gasteiger partial charge in [-0.3, -0.25) is 14.5 Å². The SMILES string of the molecule is CCN(C(=O)CN1CCC([C@H]2CC=CCN(CCOC)C2=O)CC1)c1cccc(C)c1. The van der Waals surface area contributed by atoms with Crippen molar-refractivity contribution in [3.63, 3.8) is 0 Å². The molecule has 0 saturated carbocycles. The number of aryl methyl sites for hydroxylation is 1. The summed E-state index contributed by atoms with van der Waals surface area (Å²) in [6.07, 6.45) is 7.01. The molecule has 0 spiro atoms. The molecule has 0 radical (unpaired) electrons. The van der Waals surface area contributed by atoms with Crippen molar-refractivity contribution in [3.8, 4) is 0 Å². The van der Waals surface area contributed by atoms with Gasteiger partial charge in [0.15, 0.2) is 0 Å². The van der Waals surface area contributed by atoms with Crippen LogP contribution in [0.2, 0.25) is 0 Å². The normalized spacial score (nSPS) is 20.7. The minimum Gasteiger partial charge on any atom is -0.383 e. The molecule has 0 aromatic heterocycles. The van der Waals surface area contributed by atoms with Gasteiger partial charge in [-0.1, -0.05) is 24.3 Å². The molecule has 2 heterocycles. The highest BCUT2D eigenvalue weighted by Gasteiger charge is 2.34. The lowest BCUT2D eigenvalue weighted by molar-refractivity contribution is -0.138. The number of likely N-dealkylation sites (N-methyl/N-ethyl adjacent to an activating group) is 1. The molecule has 2 aliphatic heterocycles. The maximum atomic E-state index is 13.1. The predicted molar refractivity (Wildman–Crippen MR) is 124 cm³/mol. The number of carbonyl (C=O) groups is 2. The molecule has 1 aromatic carbocycles. The van der Waals surface area contributed by atoms with Crippen LogP contribution in [0.5, 0.6) is 0 Å². The summed E-state index contributed by atoms with van der Waals surface area (Å²) in [4.78, 5) is 32.1. The fourth-order valence-corrected chi connectivity index (χ4v) is 4.76. The highest BCUT2D eigenvalue weighted by molar-refractivity contribution is 5.94. The van der Waals surface area contributed by atoms with Crippen LogP contribution in [-0.4, -0.2) is 74.6 Å². The Morgan fingerprint density at radius 2 is 2.00 bits per heavy atom. The van der Waals surface area contributed by atoms with Crippen LogP contribution < -0.4 is 4.90 Å². The molecule has 1 aromatic rings. The van der Waals surface area contributed by atoms with Crippen LogP contribution in [0.4, 0.5) is 5.69 Å². The molecule has 1 fully saturated rings. The highest BCUT2D eigenvalue weighted by Crippen LogP contribution is 2.30. The highest BCUT2D eigenvalue weighted by atomic mass is 16.5. The van der Waals surface area contributed by atoms with Gasteiger partial charge in [0.1, 0.15) is 0 Å². The fourth-order valence-electron chi connectivity index (χ4n) is 4.76. The molecule has 1 saturated heterocycles. The van der Waals surface area contributed by atoms with Gasteiger partial charge in [-0.05, 0) is 69.8 Å². The van der Waals surface area contributed by atoms with Crippen molar-refractivity contribution < 1.29 is 14.3 Å². The van der Waals surface area contributed by atoms with E-state index in [0.29, 0.717) is 38.7 Å². The van der Waals surface area contributed by atoms with Gasteiger partial charge in [0.2, 0.25) is 11.8 Å². The van der Waals surface area contributed by atoms with E-state index < -0.39 is 0 Å². The largest absolute Gasteiger partial charge is 0.383 e. The Bertz CT molecular complexity index is 771. The van der Waals surface area contributed by atoms with Crippen molar-refractivity contribution in [2.24, 2.45) is 11.8 Å². The summed E-state index contributed by atoms with van der Waals surface area (Å²) in [5.74, 6) is 0.831. The molecule has 6 nitrogen and oxygen atoms in total. The lowest BCUT2D eigenvalue weighted by Crippen LogP contribution is -2.46. The van der Waals surface area contributed by atoms with Crippen LogP contribution in [0.3, 0.4) is 0 Å². The summed E-state index contributed by atoms with van der Waals surface area (Å²) in [6.45, 7) is 8.81. The molecule has 0 unspecified atom stereocenters. The van der Waals surface area contributed by atoms with E-state index in [1.165, 1.54) is 0 Å². The molecule has 2 aliphatic rings. The first-order valence-electron chi connectivity index (χ1n) is 11.6. The summed E-state index contributed by atoms with van der Waals surface area (Å²) >= 11 is 0. The Balaban J connectivity index is 1.54. The molecule has 0 bridgehead atoms. The third-order valence-electron chi connectivity index (χ3n) is 6.57. The number of carbonyl (C=O) groups excluding carboxylic acids is 2. The van der Waals surface area contributed by atoms with Crippen LogP contribution in [0.1, 0.15) is 31.7 Å². The number of piperidine rings is 1. The van der Waals surface area contributed by atoms with Gasteiger partial charge in [0.25, 0.3) is 0 Å². The topological polar surface area (TPSA) is 53.1 Å². The fraction of sp³-hybridized carbons (Fsp3) is 0.600. The Labute approximate surface area is 186 Å². The van der Waals surface area contributed by atoms with Gasteiger partial charge < -0.3 is 14.5 Å². The number of nitrogens with zero attached hydrogens (tertiary/aromatic N) is 3. The van der Waals surface area contributed by atoms with Crippen molar-refractivity contribution in [2.75, 3.05) is 57.9 Å². The van der Waals surface area contributed by atoms with Crippen LogP contribution in [-0.2, 0) is 14.3 Å². The maximum absolute atomic E-state index is 13.1. The summed E-state index contributed by atoms with van der Waals surface area (Å²) in [5.41, 5.74) is 2.13. The maximum Gasteiger partial charge on any atom is 0.241 e. The Morgan fingerprint density at radius 3 is 2.68 bits per heavy atom. The van der Waals surface area contributed by atoms with Crippen molar-refractivity contribution in [3.05, 3.63) is 42.0 Å². The van der Waals surface area contributed by atoms with Gasteiger partial charge in [0, 0.05) is 38.3 Å². The zero-order valence-electron chi connectivity index (χ0n) is 19.3. The van der Waals surface area contributed by atoms with Gasteiger partial charge >= 0.3 is 0 Å². The van der Waals surface area contributed by atoms with E-state index in [0.717, 1.165) is 43.6 Å². The van der Waals surface area contributed by atoms with Crippen molar-refractivity contribution >= 4 is 17.5 Å². The van der Waals surface area contributed by atoms with Gasteiger partial charge in [0.05, 0.1) is 13.2 Å². The van der Waals surface area contributed by atoms with Crippen LogP contribution in [0, 0.1) is 18.8 Å². The third kappa shape index (κ3) is 6.17. The first-order chi connectivity index (χ1) is 15.0. The van der Waals surface area contributed by atoms with Crippen LogP contribution in [0.15, 0.2) is 36.4 Å². The van der Waals surface area contributed by atoms with E-state index in [-0.39, 0.29) is 17.7 Å². The van der Waals surface area contributed by atoms with Crippen LogP contribution >= 0.6 is 0 Å². The lowest BCUT2D eigenvalue weighted by Gasteiger charge is -2.37. The molecule has 31 heavy (non-hydrogen) atoms. The zero-order chi connectivity index (χ0) is 22.2. The monoisotopic (exact) mass is 427 g/mol. The van der Waals surface area contributed by atoms with Crippen molar-refractivity contribution in [1.29, 1.82) is 0 Å². The number of hydrogen-bond acceptors (Lipinski definition) is 4. The summed E-state index contributed by atoms with van der Waals surface area (Å²) < 4.78 is 5.17. The van der Waals surface area contributed by atoms with E-state index in [1.807, 2.05) is 41.8 Å². The van der Waals surface area contributed by atoms with Crippen LogP contribution in [0.25, 0.3) is 0 Å². The molecule has 6 heteroatoms. The van der Waals surface area contributed by atoms with Crippen molar-refractivity contribution in [2.45, 2.75) is 33.1 Å². The minimum atomic E-state index is 0.0490. The second kappa shape index (κ2) is 11.4. The molecular weight excluding hydrogens is 390 g/mol. The second-order valence-electron chi connectivity index (χ2n) is 8.68. The number of ether oxygens (including phenoxy) is 1. The molecule has 3 rings (SSSR count). The Morgan fingerprint density at radius 1 is 1.23 bits per heavy atom. The third-order valence-corrected chi connectivity index (χ3v) is 6.57. The van der Waals surface area contributed by atoms with E-state index in [2.05, 4.69) is 23.1 Å². The quantitative estimate of drug-likeness (QED) is 0.598. The number of anilines is 1. The number of likely N-dealkylation sites (tertiary alicyclic amines) is 1. The predicted octanol–water partition coefficient (Wildman–Crippen LogP) is 3.11. The lowest BCUT2D eigenvalue weighted by atomic mass is 9.81. The average molecular weight is 428 g/mol. The molecule has 0 aliphatic carbocycles. The van der Waals surface area contributed by atoms with E-state index in [1.54, 1.807) is 7.11 Å². The Hall–Kier alpha value is -2.18. The molecule has 2 amide bonds. The molecular formula is C25H37N3O3. The van der Waals surface area contributed by atoms with E-state index in [4.69, 9.17) is 4.74 Å². The minimum absolute atomic E-state index is 0.0490. The molecule has 170 valence electrons. The van der Waals surface area contributed by atoms with Gasteiger partial charge in [-0.15, -0.1) is 0 Å². The smallest absolute Gasteiger partial charge is 0.241 e. The standard InChI is InChI=1S/C25H37N3O3/c1-4-28(22-9-7-8-20(2)18-22)24(29)19-26-14-11-21(12-15-26)23-10-5-6-13-27(25(23)30)16-17-31-3/h5-9,18,21,23H,4,10-17,19H2,1-3H3/t23-/m1/s1. The first kappa shape index (κ1) is 23.5. The molecule has 1 atom stereocenters. The van der Waals surface area contributed by atoms with E-state index in [9.17, 15) is 9.59 Å². The van der Waals surface area contributed by atoms with Gasteiger partial charge in [-0.2, -0.15) is 0 Å². The number of methoxy groups -OCH3 is 1. The number of allylic oxidation sites excluding steroid dienone is 1. The summed E-state index contributed by atoms with van der Waals surface area (Å²) in [5, 5.41) is 0. The summed E-state index contributed by atoms with van der Waals surface area (Å²) in [6, 6.07) is 8.11. The zero-order valence-corrected chi connectivity index (χ0v) is 19.3. The van der Waals surface area contributed by atoms with Gasteiger partial charge in [-0.25, -0.2) is 0 Å². The number of hydrogen-bond donors (Lipinski definition) is 0. The average Bonchev–Trinajstić information content (AvgIpc) is 2.95. The number of benzene rings is 1. The first-order valence-corrected chi connectivity index (χ1v) is 11.6. The number of rotatable bonds is 8. The Kier molecular flexibility index (Phi) is 8.67. The summed E-state index contributed by atoms with van der Waals surface area (Å²) in [7, 11) is 1.67. The van der Waals surface area contributed by atoms with Crippen molar-refractivity contribution in [1.82, 2.24) is 9.80 Å². The second-order valence-corrected chi connectivity index (χ2v) is 8.68. The number of amides is 2.